The minimum Gasteiger partial charge on any atom is -0.396 e. The van der Waals surface area contributed by atoms with Crippen LogP contribution in [0.4, 0.5) is 0 Å². The molecule has 0 aromatic carbocycles. The van der Waals surface area contributed by atoms with E-state index < -0.39 is 0 Å². The van der Waals surface area contributed by atoms with E-state index in [1.165, 1.54) is 0 Å². The number of aromatic nitrogens is 3. The Kier molecular flexibility index (Phi) is 5.62. The van der Waals surface area contributed by atoms with Gasteiger partial charge in [-0.3, -0.25) is 9.89 Å². The van der Waals surface area contributed by atoms with Crippen molar-refractivity contribution < 1.29 is 9.90 Å². The van der Waals surface area contributed by atoms with E-state index >= 15 is 0 Å². The van der Waals surface area contributed by atoms with Gasteiger partial charge in [0.25, 0.3) is 5.91 Å². The molecule has 96 valence electrons. The molecule has 0 saturated heterocycles. The maximum absolute atomic E-state index is 12.0. The maximum atomic E-state index is 12.0. The highest BCUT2D eigenvalue weighted by molar-refractivity contribution is 5.90. The number of hydrogen-bond donors (Lipinski definition) is 2. The van der Waals surface area contributed by atoms with Crippen molar-refractivity contribution in [2.45, 2.75) is 33.1 Å². The zero-order chi connectivity index (χ0) is 12.7. The van der Waals surface area contributed by atoms with Crippen LogP contribution in [0.15, 0.2) is 0 Å². The first-order valence-corrected chi connectivity index (χ1v) is 6.04. The number of aromatic amines is 1. The molecule has 0 bridgehead atoms. The summed E-state index contributed by atoms with van der Waals surface area (Å²) in [6.07, 6.45) is 2.33. The first-order chi connectivity index (χ1) is 8.22. The Balaban J connectivity index is 2.65. The van der Waals surface area contributed by atoms with E-state index in [-0.39, 0.29) is 18.3 Å². The minimum absolute atomic E-state index is 0.0822. The highest BCUT2D eigenvalue weighted by atomic mass is 16.3. The number of aryl methyl sites for hydroxylation is 1. The first-order valence-electron chi connectivity index (χ1n) is 6.04. The quantitative estimate of drug-likeness (QED) is 0.731. The predicted octanol–water partition coefficient (Wildman–Crippen LogP) is 0.602. The van der Waals surface area contributed by atoms with Gasteiger partial charge in [0.2, 0.25) is 5.82 Å². The molecule has 2 N–H and O–H groups in total. The van der Waals surface area contributed by atoms with Crippen LogP contribution in [-0.2, 0) is 6.42 Å². The van der Waals surface area contributed by atoms with E-state index in [0.29, 0.717) is 19.5 Å². The van der Waals surface area contributed by atoms with Crippen LogP contribution < -0.4 is 0 Å². The molecule has 1 rings (SSSR count). The van der Waals surface area contributed by atoms with Gasteiger partial charge in [-0.2, -0.15) is 0 Å². The molecule has 0 aliphatic heterocycles. The minimum atomic E-state index is -0.181. The molecule has 1 heterocycles. The number of hydrogen-bond acceptors (Lipinski definition) is 4. The van der Waals surface area contributed by atoms with Crippen LogP contribution in [0.3, 0.4) is 0 Å². The average molecular weight is 240 g/mol. The molecule has 0 aliphatic rings. The lowest BCUT2D eigenvalue weighted by molar-refractivity contribution is 0.0742. The Morgan fingerprint density at radius 1 is 1.47 bits per heavy atom. The maximum Gasteiger partial charge on any atom is 0.293 e. The number of nitrogens with one attached hydrogen (secondary N) is 1. The number of amides is 1. The summed E-state index contributed by atoms with van der Waals surface area (Å²) in [7, 11) is 0. The molecule has 6 nitrogen and oxygen atoms in total. The molecule has 6 heteroatoms. The topological polar surface area (TPSA) is 82.1 Å². The highest BCUT2D eigenvalue weighted by Crippen LogP contribution is 2.02. The molecule has 1 aromatic rings. The number of aliphatic hydroxyl groups is 1. The van der Waals surface area contributed by atoms with Gasteiger partial charge in [0.1, 0.15) is 5.82 Å². The lowest BCUT2D eigenvalue weighted by atomic mass is 10.3. The van der Waals surface area contributed by atoms with E-state index in [1.54, 1.807) is 4.90 Å². The number of nitrogens with zero attached hydrogens (tertiary/aromatic N) is 3. The molecule has 1 amide bonds. The molecule has 1 aromatic heterocycles. The fourth-order valence-corrected chi connectivity index (χ4v) is 1.55. The Morgan fingerprint density at radius 3 is 2.82 bits per heavy atom. The van der Waals surface area contributed by atoms with Crippen molar-refractivity contribution in [1.29, 1.82) is 0 Å². The third-order valence-electron chi connectivity index (χ3n) is 2.46. The van der Waals surface area contributed by atoms with Crippen LogP contribution in [0.25, 0.3) is 0 Å². The number of carbonyl (C=O) groups is 1. The number of aliphatic hydroxyl groups excluding tert-OH is 1. The van der Waals surface area contributed by atoms with Crippen LogP contribution in [0.1, 0.15) is 43.1 Å². The summed E-state index contributed by atoms with van der Waals surface area (Å²) in [6, 6.07) is 0. The second kappa shape index (κ2) is 7.01. The zero-order valence-electron chi connectivity index (χ0n) is 10.4. The van der Waals surface area contributed by atoms with E-state index in [4.69, 9.17) is 5.11 Å². The van der Waals surface area contributed by atoms with Crippen molar-refractivity contribution in [2.75, 3.05) is 19.7 Å². The summed E-state index contributed by atoms with van der Waals surface area (Å²) in [5, 5.41) is 15.4. The van der Waals surface area contributed by atoms with Gasteiger partial charge in [-0.25, -0.2) is 4.98 Å². The molecule has 0 radical (unpaired) electrons. The number of rotatable bonds is 7. The van der Waals surface area contributed by atoms with Gasteiger partial charge in [0, 0.05) is 26.1 Å². The Hall–Kier alpha value is -1.43. The molecule has 17 heavy (non-hydrogen) atoms. The predicted molar refractivity (Wildman–Crippen MR) is 63.7 cm³/mol. The van der Waals surface area contributed by atoms with E-state index in [2.05, 4.69) is 15.2 Å². The van der Waals surface area contributed by atoms with E-state index in [9.17, 15) is 4.79 Å². The lowest BCUT2D eigenvalue weighted by Crippen LogP contribution is -2.33. The molecule has 0 atom stereocenters. The van der Waals surface area contributed by atoms with Crippen molar-refractivity contribution in [2.24, 2.45) is 0 Å². The van der Waals surface area contributed by atoms with Gasteiger partial charge in [0.05, 0.1) is 0 Å². The average Bonchev–Trinajstić information content (AvgIpc) is 2.79. The second-order valence-electron chi connectivity index (χ2n) is 3.82. The van der Waals surface area contributed by atoms with E-state index in [1.807, 2.05) is 13.8 Å². The standard InChI is InChI=1S/C11H20N4O2/c1-3-6-9-12-10(14-13-9)11(17)15(4-2)7-5-8-16/h16H,3-8H2,1-2H3,(H,12,13,14). The highest BCUT2D eigenvalue weighted by Gasteiger charge is 2.18. The van der Waals surface area contributed by atoms with Gasteiger partial charge >= 0.3 is 0 Å². The summed E-state index contributed by atoms with van der Waals surface area (Å²) < 4.78 is 0. The lowest BCUT2D eigenvalue weighted by Gasteiger charge is -2.18. The molecule has 0 spiro atoms. The molecular formula is C11H20N4O2. The van der Waals surface area contributed by atoms with E-state index in [0.717, 1.165) is 18.7 Å². The Morgan fingerprint density at radius 2 is 2.24 bits per heavy atom. The summed E-state index contributed by atoms with van der Waals surface area (Å²) >= 11 is 0. The molecule has 0 unspecified atom stereocenters. The summed E-state index contributed by atoms with van der Waals surface area (Å²) in [6.45, 7) is 5.15. The van der Waals surface area contributed by atoms with Crippen LogP contribution >= 0.6 is 0 Å². The number of H-pyrrole nitrogens is 1. The Labute approximate surface area is 101 Å². The third kappa shape index (κ3) is 3.81. The van der Waals surface area contributed by atoms with Crippen LogP contribution in [0.2, 0.25) is 0 Å². The Bertz CT molecular complexity index is 351. The monoisotopic (exact) mass is 240 g/mol. The van der Waals surface area contributed by atoms with Crippen molar-refractivity contribution in [1.82, 2.24) is 20.1 Å². The van der Waals surface area contributed by atoms with Gasteiger partial charge in [-0.15, -0.1) is 5.10 Å². The zero-order valence-corrected chi connectivity index (χ0v) is 10.4. The fourth-order valence-electron chi connectivity index (χ4n) is 1.55. The number of carbonyl (C=O) groups excluding carboxylic acids is 1. The van der Waals surface area contributed by atoms with Gasteiger partial charge in [-0.05, 0) is 19.8 Å². The molecule has 0 fully saturated rings. The second-order valence-corrected chi connectivity index (χ2v) is 3.82. The molecule has 0 aliphatic carbocycles. The van der Waals surface area contributed by atoms with Crippen molar-refractivity contribution in [3.63, 3.8) is 0 Å². The van der Waals surface area contributed by atoms with Gasteiger partial charge in [0.15, 0.2) is 0 Å². The van der Waals surface area contributed by atoms with Crippen LogP contribution in [0, 0.1) is 0 Å². The summed E-state index contributed by atoms with van der Waals surface area (Å²) in [5.41, 5.74) is 0. The smallest absolute Gasteiger partial charge is 0.293 e. The normalized spacial score (nSPS) is 10.5. The van der Waals surface area contributed by atoms with Crippen molar-refractivity contribution in [3.8, 4) is 0 Å². The first kappa shape index (κ1) is 13.6. The fraction of sp³-hybridized carbons (Fsp3) is 0.727. The third-order valence-corrected chi connectivity index (χ3v) is 2.46. The molecule has 0 saturated carbocycles. The SMILES string of the molecule is CCCc1nc(C(=O)N(CC)CCCO)n[nH]1. The summed E-state index contributed by atoms with van der Waals surface area (Å²) in [4.78, 5) is 17.8. The largest absolute Gasteiger partial charge is 0.396 e. The summed E-state index contributed by atoms with van der Waals surface area (Å²) in [5.74, 6) is 0.779. The van der Waals surface area contributed by atoms with Crippen LogP contribution in [-0.4, -0.2) is 50.8 Å². The van der Waals surface area contributed by atoms with Crippen molar-refractivity contribution >= 4 is 5.91 Å². The van der Waals surface area contributed by atoms with Crippen molar-refractivity contribution in [3.05, 3.63) is 11.6 Å². The van der Waals surface area contributed by atoms with Crippen LogP contribution in [0.5, 0.6) is 0 Å². The van der Waals surface area contributed by atoms with Gasteiger partial charge < -0.3 is 10.0 Å². The van der Waals surface area contributed by atoms with Gasteiger partial charge in [-0.1, -0.05) is 6.92 Å². The molecular weight excluding hydrogens is 220 g/mol.